The lowest BCUT2D eigenvalue weighted by Gasteiger charge is -2.13. The van der Waals surface area contributed by atoms with E-state index in [4.69, 9.17) is 5.73 Å². The van der Waals surface area contributed by atoms with Gasteiger partial charge >= 0.3 is 6.61 Å². The normalized spacial score (nSPS) is 10.7. The van der Waals surface area contributed by atoms with Gasteiger partial charge in [-0.25, -0.2) is 4.39 Å². The molecule has 0 saturated heterocycles. The summed E-state index contributed by atoms with van der Waals surface area (Å²) in [7, 11) is 0. The summed E-state index contributed by atoms with van der Waals surface area (Å²) < 4.78 is 42.0. The maximum atomic E-state index is 13.5. The average Bonchev–Trinajstić information content (AvgIpc) is 2.44. The lowest BCUT2D eigenvalue weighted by molar-refractivity contribution is -0.0521. The summed E-state index contributed by atoms with van der Waals surface area (Å²) in [5.74, 6) is -1.48. The van der Waals surface area contributed by atoms with Crippen molar-refractivity contribution in [1.29, 1.82) is 0 Å². The van der Waals surface area contributed by atoms with Crippen LogP contribution in [-0.2, 0) is 6.42 Å². The molecule has 0 aromatic heterocycles. The highest BCUT2D eigenvalue weighted by molar-refractivity contribution is 5.74. The predicted octanol–water partition coefficient (Wildman–Crippen LogP) is 4.32. The van der Waals surface area contributed by atoms with Gasteiger partial charge < -0.3 is 15.8 Å². The fraction of sp³-hybridized carbons (Fsp3) is 0.200. The highest BCUT2D eigenvalue weighted by Gasteiger charge is 2.13. The fourth-order valence-corrected chi connectivity index (χ4v) is 1.89. The first kappa shape index (κ1) is 15.0. The van der Waals surface area contributed by atoms with E-state index in [9.17, 15) is 13.2 Å². The zero-order valence-corrected chi connectivity index (χ0v) is 11.4. The van der Waals surface area contributed by atoms with Gasteiger partial charge in [0.25, 0.3) is 0 Å². The molecule has 0 amide bonds. The Bertz CT molecular complexity index is 632. The van der Waals surface area contributed by atoms with Crippen molar-refractivity contribution in [2.45, 2.75) is 20.0 Å². The van der Waals surface area contributed by atoms with Gasteiger partial charge in [0.1, 0.15) is 0 Å². The van der Waals surface area contributed by atoms with Gasteiger partial charge in [0, 0.05) is 17.8 Å². The van der Waals surface area contributed by atoms with Crippen molar-refractivity contribution in [2.75, 3.05) is 11.1 Å². The number of rotatable bonds is 5. The molecule has 2 aromatic rings. The van der Waals surface area contributed by atoms with Crippen LogP contribution < -0.4 is 15.8 Å². The molecule has 112 valence electrons. The van der Waals surface area contributed by atoms with Crippen molar-refractivity contribution < 1.29 is 17.9 Å². The van der Waals surface area contributed by atoms with E-state index in [1.54, 1.807) is 6.07 Å². The number of aryl methyl sites for hydroxylation is 1. The number of nitrogen functional groups attached to an aromatic ring is 1. The third kappa shape index (κ3) is 3.81. The van der Waals surface area contributed by atoms with Gasteiger partial charge in [-0.1, -0.05) is 19.1 Å². The molecule has 0 fully saturated rings. The molecule has 21 heavy (non-hydrogen) atoms. The highest BCUT2D eigenvalue weighted by Crippen LogP contribution is 2.31. The van der Waals surface area contributed by atoms with E-state index in [1.807, 2.05) is 25.1 Å². The second-order valence-electron chi connectivity index (χ2n) is 4.43. The molecule has 0 aliphatic carbocycles. The van der Waals surface area contributed by atoms with Gasteiger partial charge in [-0.15, -0.1) is 0 Å². The molecule has 0 aliphatic rings. The molecule has 6 heteroatoms. The van der Waals surface area contributed by atoms with Crippen LogP contribution in [0, 0.1) is 5.82 Å². The van der Waals surface area contributed by atoms with E-state index in [1.165, 1.54) is 0 Å². The van der Waals surface area contributed by atoms with Gasteiger partial charge in [-0.2, -0.15) is 8.78 Å². The maximum Gasteiger partial charge on any atom is 0.387 e. The Morgan fingerprint density at radius 2 is 2.00 bits per heavy atom. The first-order valence-electron chi connectivity index (χ1n) is 6.39. The Labute approximate surface area is 120 Å². The molecule has 0 radical (unpaired) electrons. The van der Waals surface area contributed by atoms with Crippen molar-refractivity contribution in [3.05, 3.63) is 47.8 Å². The molecule has 0 saturated carbocycles. The van der Waals surface area contributed by atoms with Crippen LogP contribution in [0.1, 0.15) is 12.5 Å². The predicted molar refractivity (Wildman–Crippen MR) is 76.5 cm³/mol. The molecule has 0 heterocycles. The first-order chi connectivity index (χ1) is 9.99. The topological polar surface area (TPSA) is 47.3 Å². The minimum absolute atomic E-state index is 0.107. The van der Waals surface area contributed by atoms with Crippen LogP contribution in [0.25, 0.3) is 0 Å². The molecular formula is C15H15F3N2O. The quantitative estimate of drug-likeness (QED) is 0.808. The Morgan fingerprint density at radius 3 is 2.67 bits per heavy atom. The number of nitrogens with two attached hydrogens (primary N) is 1. The molecule has 3 N–H and O–H groups in total. The summed E-state index contributed by atoms with van der Waals surface area (Å²) in [4.78, 5) is 0. The van der Waals surface area contributed by atoms with Crippen LogP contribution >= 0.6 is 0 Å². The van der Waals surface area contributed by atoms with Crippen LogP contribution in [0.15, 0.2) is 36.4 Å². The van der Waals surface area contributed by atoms with E-state index in [0.717, 1.165) is 29.8 Å². The third-order valence-electron chi connectivity index (χ3n) is 2.93. The first-order valence-corrected chi connectivity index (χ1v) is 6.39. The van der Waals surface area contributed by atoms with Crippen LogP contribution in [0.3, 0.4) is 0 Å². The molecule has 2 rings (SSSR count). The van der Waals surface area contributed by atoms with E-state index in [2.05, 4.69) is 10.1 Å². The highest BCUT2D eigenvalue weighted by atomic mass is 19.3. The van der Waals surface area contributed by atoms with Gasteiger partial charge in [-0.05, 0) is 24.1 Å². The Kier molecular flexibility index (Phi) is 4.57. The molecule has 0 atom stereocenters. The van der Waals surface area contributed by atoms with Crippen molar-refractivity contribution in [2.24, 2.45) is 0 Å². The Hall–Kier alpha value is -2.37. The monoisotopic (exact) mass is 296 g/mol. The molecule has 2 aromatic carbocycles. The number of hydrogen-bond acceptors (Lipinski definition) is 3. The third-order valence-corrected chi connectivity index (χ3v) is 2.93. The zero-order chi connectivity index (χ0) is 15.4. The number of nitrogens with one attached hydrogen (secondary N) is 1. The maximum absolute atomic E-state index is 13.5. The van der Waals surface area contributed by atoms with Crippen molar-refractivity contribution in [3.63, 3.8) is 0 Å². The Morgan fingerprint density at radius 1 is 1.24 bits per heavy atom. The zero-order valence-electron chi connectivity index (χ0n) is 11.4. The molecular weight excluding hydrogens is 281 g/mol. The summed E-state index contributed by atoms with van der Waals surface area (Å²) in [5, 5.41) is 2.97. The lowest BCUT2D eigenvalue weighted by atomic mass is 10.1. The van der Waals surface area contributed by atoms with Crippen LogP contribution in [-0.4, -0.2) is 6.61 Å². The number of benzene rings is 2. The minimum Gasteiger partial charge on any atom is -0.432 e. The number of anilines is 3. The fourth-order valence-electron chi connectivity index (χ4n) is 1.89. The molecule has 0 unspecified atom stereocenters. The second-order valence-corrected chi connectivity index (χ2v) is 4.43. The molecule has 3 nitrogen and oxygen atoms in total. The van der Waals surface area contributed by atoms with E-state index < -0.39 is 18.2 Å². The van der Waals surface area contributed by atoms with Crippen molar-refractivity contribution in [1.82, 2.24) is 0 Å². The van der Waals surface area contributed by atoms with Crippen molar-refractivity contribution >= 4 is 17.1 Å². The molecule has 0 aliphatic heterocycles. The van der Waals surface area contributed by atoms with Crippen LogP contribution in [0.4, 0.5) is 30.2 Å². The van der Waals surface area contributed by atoms with E-state index in [0.29, 0.717) is 5.69 Å². The minimum atomic E-state index is -3.10. The summed E-state index contributed by atoms with van der Waals surface area (Å²) in [6.45, 7) is -1.08. The molecule has 0 spiro atoms. The SMILES string of the molecule is CCc1cccc(Nc2cc(OC(F)F)c(F)cc2N)c1. The summed E-state index contributed by atoms with van der Waals surface area (Å²) >= 11 is 0. The van der Waals surface area contributed by atoms with Gasteiger partial charge in [0.2, 0.25) is 0 Å². The number of hydrogen-bond donors (Lipinski definition) is 2. The Balaban J connectivity index is 2.30. The average molecular weight is 296 g/mol. The van der Waals surface area contributed by atoms with Crippen molar-refractivity contribution in [3.8, 4) is 5.75 Å². The van der Waals surface area contributed by atoms with Gasteiger partial charge in [0.05, 0.1) is 11.4 Å². The largest absolute Gasteiger partial charge is 0.432 e. The van der Waals surface area contributed by atoms with E-state index in [-0.39, 0.29) is 5.69 Å². The lowest BCUT2D eigenvalue weighted by Crippen LogP contribution is -2.05. The summed E-state index contributed by atoms with van der Waals surface area (Å²) in [6.07, 6.45) is 0.855. The van der Waals surface area contributed by atoms with Gasteiger partial charge in [-0.3, -0.25) is 0 Å². The smallest absolute Gasteiger partial charge is 0.387 e. The van der Waals surface area contributed by atoms with Gasteiger partial charge in [0.15, 0.2) is 11.6 Å². The number of halogens is 3. The van der Waals surface area contributed by atoms with Crippen LogP contribution in [0.2, 0.25) is 0 Å². The standard InChI is InChI=1S/C15H15F3N2O/c1-2-9-4-3-5-10(6-9)20-13-8-14(21-15(17)18)11(16)7-12(13)19/h3-8,15,20H,2,19H2,1H3. The molecule has 0 bridgehead atoms. The summed E-state index contributed by atoms with van der Waals surface area (Å²) in [6, 6.07) is 9.59. The summed E-state index contributed by atoms with van der Waals surface area (Å²) in [5.41, 5.74) is 7.94. The van der Waals surface area contributed by atoms with E-state index >= 15 is 0 Å². The second kappa shape index (κ2) is 6.39. The number of alkyl halides is 2. The van der Waals surface area contributed by atoms with Crippen LogP contribution in [0.5, 0.6) is 5.75 Å². The number of ether oxygens (including phenoxy) is 1.